The van der Waals surface area contributed by atoms with Crippen LogP contribution in [0.1, 0.15) is 24.5 Å². The minimum absolute atomic E-state index is 0.0487. The Morgan fingerprint density at radius 3 is 2.52 bits per heavy atom. The van der Waals surface area contributed by atoms with Gasteiger partial charge in [0.05, 0.1) is 12.7 Å². The summed E-state index contributed by atoms with van der Waals surface area (Å²) in [5, 5.41) is 12.0. The third kappa shape index (κ3) is 6.41. The van der Waals surface area contributed by atoms with Gasteiger partial charge < -0.3 is 19.9 Å². The van der Waals surface area contributed by atoms with Crippen molar-refractivity contribution in [3.63, 3.8) is 0 Å². The largest absolute Gasteiger partial charge is 0.504 e. The van der Waals surface area contributed by atoms with Gasteiger partial charge in [0.15, 0.2) is 17.6 Å². The van der Waals surface area contributed by atoms with Crippen LogP contribution in [0.2, 0.25) is 0 Å². The number of benzene rings is 2. The lowest BCUT2D eigenvalue weighted by atomic mass is 10.1. The molecule has 0 aliphatic heterocycles. The summed E-state index contributed by atoms with van der Waals surface area (Å²) in [5.41, 5.74) is -0.287. The number of phenolic OH excluding ortho intramolecular Hbond substituents is 1. The zero-order chi connectivity index (χ0) is 21.6. The van der Waals surface area contributed by atoms with Crippen molar-refractivity contribution < 1.29 is 37.3 Å². The number of hydrogen-bond acceptors (Lipinski definition) is 5. The van der Waals surface area contributed by atoms with Gasteiger partial charge in [-0.2, -0.15) is 13.2 Å². The number of carbonyl (C=O) groups is 2. The number of esters is 1. The Balaban J connectivity index is 1.87. The van der Waals surface area contributed by atoms with Gasteiger partial charge in [-0.15, -0.1) is 0 Å². The summed E-state index contributed by atoms with van der Waals surface area (Å²) in [4.78, 5) is 24.0. The standard InChI is InChI=1S/C20H20F3NO5/c1-12(19(27)24-15-5-3-4-14(11-15)20(21,22)23)29-18(26)9-7-13-6-8-17(28-2)16(25)10-13/h3-6,8,10-12,25H,7,9H2,1-2H3,(H,24,27). The number of halogens is 3. The van der Waals surface area contributed by atoms with Gasteiger partial charge >= 0.3 is 12.1 Å². The summed E-state index contributed by atoms with van der Waals surface area (Å²) in [6, 6.07) is 8.84. The molecule has 2 aromatic rings. The molecule has 0 saturated heterocycles. The molecule has 0 heterocycles. The molecule has 0 aromatic heterocycles. The molecule has 2 N–H and O–H groups in total. The van der Waals surface area contributed by atoms with Crippen molar-refractivity contribution in [2.45, 2.75) is 32.0 Å². The van der Waals surface area contributed by atoms with Crippen molar-refractivity contribution in [3.8, 4) is 11.5 Å². The topological polar surface area (TPSA) is 84.9 Å². The second-order valence-corrected chi connectivity index (χ2v) is 6.21. The van der Waals surface area contributed by atoms with E-state index in [1.54, 1.807) is 12.1 Å². The summed E-state index contributed by atoms with van der Waals surface area (Å²) in [6.07, 6.45) is -5.51. The molecule has 0 aliphatic rings. The summed E-state index contributed by atoms with van der Waals surface area (Å²) < 4.78 is 48.1. The zero-order valence-corrected chi connectivity index (χ0v) is 15.7. The smallest absolute Gasteiger partial charge is 0.416 e. The SMILES string of the molecule is COc1ccc(CCC(=O)OC(C)C(=O)Nc2cccc(C(F)(F)F)c2)cc1O. The summed E-state index contributed by atoms with van der Waals surface area (Å²) in [5.74, 6) is -1.17. The first kappa shape index (κ1) is 22.1. The van der Waals surface area contributed by atoms with E-state index in [0.29, 0.717) is 11.3 Å². The highest BCUT2D eigenvalue weighted by Crippen LogP contribution is 2.30. The van der Waals surface area contributed by atoms with E-state index in [1.165, 1.54) is 32.2 Å². The molecular formula is C20H20F3NO5. The average Bonchev–Trinajstić information content (AvgIpc) is 2.66. The number of ether oxygens (including phenoxy) is 2. The Bertz CT molecular complexity index is 883. The lowest BCUT2D eigenvalue weighted by Crippen LogP contribution is -2.30. The van der Waals surface area contributed by atoms with Gasteiger partial charge in [-0.3, -0.25) is 9.59 Å². The molecule has 29 heavy (non-hydrogen) atoms. The Morgan fingerprint density at radius 2 is 1.90 bits per heavy atom. The van der Waals surface area contributed by atoms with Crippen LogP contribution in [0, 0.1) is 0 Å². The third-order valence-corrected chi connectivity index (χ3v) is 4.00. The third-order valence-electron chi connectivity index (χ3n) is 4.00. The number of aryl methyl sites for hydroxylation is 1. The number of nitrogens with one attached hydrogen (secondary N) is 1. The second-order valence-electron chi connectivity index (χ2n) is 6.21. The van der Waals surface area contributed by atoms with E-state index in [9.17, 15) is 27.9 Å². The quantitative estimate of drug-likeness (QED) is 0.675. The lowest BCUT2D eigenvalue weighted by molar-refractivity contribution is -0.153. The van der Waals surface area contributed by atoms with E-state index in [0.717, 1.165) is 12.1 Å². The number of aromatic hydroxyl groups is 1. The fourth-order valence-corrected chi connectivity index (χ4v) is 2.46. The van der Waals surface area contributed by atoms with Crippen LogP contribution in [-0.4, -0.2) is 30.2 Å². The van der Waals surface area contributed by atoms with Crippen molar-refractivity contribution >= 4 is 17.6 Å². The Labute approximate surface area is 165 Å². The summed E-state index contributed by atoms with van der Waals surface area (Å²) >= 11 is 0. The predicted octanol–water partition coefficient (Wildman–Crippen LogP) is 3.92. The Kier molecular flexibility index (Phi) is 7.08. The maximum absolute atomic E-state index is 12.7. The molecule has 0 aliphatic carbocycles. The molecule has 2 aromatic carbocycles. The molecule has 0 spiro atoms. The lowest BCUT2D eigenvalue weighted by Gasteiger charge is -2.14. The summed E-state index contributed by atoms with van der Waals surface area (Å²) in [7, 11) is 1.41. The maximum Gasteiger partial charge on any atom is 0.416 e. The molecule has 0 fully saturated rings. The number of phenols is 1. The number of rotatable bonds is 7. The zero-order valence-electron chi connectivity index (χ0n) is 15.7. The van der Waals surface area contributed by atoms with Crippen LogP contribution in [0.4, 0.5) is 18.9 Å². The van der Waals surface area contributed by atoms with Crippen LogP contribution >= 0.6 is 0 Å². The fourth-order valence-electron chi connectivity index (χ4n) is 2.46. The molecule has 1 unspecified atom stereocenters. The van der Waals surface area contributed by atoms with Crippen LogP contribution in [0.5, 0.6) is 11.5 Å². The molecule has 1 amide bonds. The molecule has 2 rings (SSSR count). The number of carbonyl (C=O) groups excluding carboxylic acids is 2. The van der Waals surface area contributed by atoms with Gasteiger partial charge in [-0.1, -0.05) is 12.1 Å². The highest BCUT2D eigenvalue weighted by atomic mass is 19.4. The molecule has 156 valence electrons. The Hall–Kier alpha value is -3.23. The first-order chi connectivity index (χ1) is 13.6. The van der Waals surface area contributed by atoms with Gasteiger partial charge in [0.2, 0.25) is 0 Å². The minimum Gasteiger partial charge on any atom is -0.504 e. The molecule has 0 radical (unpaired) electrons. The number of amides is 1. The monoisotopic (exact) mass is 411 g/mol. The normalized spacial score (nSPS) is 12.2. The number of methoxy groups -OCH3 is 1. The molecule has 0 saturated carbocycles. The van der Waals surface area contributed by atoms with Gasteiger partial charge in [0.25, 0.3) is 5.91 Å². The highest BCUT2D eigenvalue weighted by molar-refractivity contribution is 5.95. The average molecular weight is 411 g/mol. The number of alkyl halides is 3. The van der Waals surface area contributed by atoms with Crippen LogP contribution in [0.3, 0.4) is 0 Å². The Morgan fingerprint density at radius 1 is 1.17 bits per heavy atom. The van der Waals surface area contributed by atoms with Gasteiger partial charge in [0.1, 0.15) is 0 Å². The van der Waals surface area contributed by atoms with Crippen molar-refractivity contribution in [2.24, 2.45) is 0 Å². The highest BCUT2D eigenvalue weighted by Gasteiger charge is 2.30. The molecule has 0 bridgehead atoms. The van der Waals surface area contributed by atoms with Crippen LogP contribution < -0.4 is 10.1 Å². The number of hydrogen-bond donors (Lipinski definition) is 2. The van der Waals surface area contributed by atoms with Crippen molar-refractivity contribution in [3.05, 3.63) is 53.6 Å². The van der Waals surface area contributed by atoms with Gasteiger partial charge in [-0.25, -0.2) is 0 Å². The first-order valence-electron chi connectivity index (χ1n) is 8.63. The molecule has 9 heteroatoms. The van der Waals surface area contributed by atoms with E-state index in [-0.39, 0.29) is 24.3 Å². The van der Waals surface area contributed by atoms with E-state index >= 15 is 0 Å². The van der Waals surface area contributed by atoms with Crippen molar-refractivity contribution in [1.82, 2.24) is 0 Å². The summed E-state index contributed by atoms with van der Waals surface area (Å²) in [6.45, 7) is 1.32. The van der Waals surface area contributed by atoms with E-state index in [4.69, 9.17) is 9.47 Å². The predicted molar refractivity (Wildman–Crippen MR) is 98.6 cm³/mol. The van der Waals surface area contributed by atoms with Crippen LogP contribution in [0.25, 0.3) is 0 Å². The van der Waals surface area contributed by atoms with E-state index < -0.39 is 29.7 Å². The number of anilines is 1. The first-order valence-corrected chi connectivity index (χ1v) is 8.63. The molecular weight excluding hydrogens is 391 g/mol. The molecule has 6 nitrogen and oxygen atoms in total. The second kappa shape index (κ2) is 9.31. The van der Waals surface area contributed by atoms with E-state index in [2.05, 4.69) is 5.32 Å². The van der Waals surface area contributed by atoms with Crippen molar-refractivity contribution in [1.29, 1.82) is 0 Å². The van der Waals surface area contributed by atoms with E-state index in [1.807, 2.05) is 0 Å². The minimum atomic E-state index is -4.53. The van der Waals surface area contributed by atoms with Crippen molar-refractivity contribution in [2.75, 3.05) is 12.4 Å². The van der Waals surface area contributed by atoms with Gasteiger partial charge in [0, 0.05) is 12.1 Å². The van der Waals surface area contributed by atoms with Gasteiger partial charge in [-0.05, 0) is 49.2 Å². The van der Waals surface area contributed by atoms with Crippen LogP contribution in [0.15, 0.2) is 42.5 Å². The fraction of sp³-hybridized carbons (Fsp3) is 0.300. The molecule has 1 atom stereocenters. The maximum atomic E-state index is 12.7. The van der Waals surface area contributed by atoms with Crippen LogP contribution in [-0.2, 0) is 26.9 Å².